The summed E-state index contributed by atoms with van der Waals surface area (Å²) in [5.41, 5.74) is 0.920. The second kappa shape index (κ2) is 3.06. The molecule has 0 aromatic heterocycles. The van der Waals surface area contributed by atoms with Crippen LogP contribution in [-0.2, 0) is 4.74 Å². The van der Waals surface area contributed by atoms with E-state index in [0.29, 0.717) is 0 Å². The normalized spacial score (nSPS) is 47.5. The van der Waals surface area contributed by atoms with E-state index < -0.39 is 5.79 Å². The number of fused-ring (bicyclic) bond motifs is 2. The summed E-state index contributed by atoms with van der Waals surface area (Å²) in [7, 11) is 1.54. The maximum atomic E-state index is 10.5. The molecular weight excluding hydrogens is 192 g/mol. The molecule has 0 saturated heterocycles. The van der Waals surface area contributed by atoms with Crippen LogP contribution >= 0.6 is 0 Å². The van der Waals surface area contributed by atoms with Gasteiger partial charge in [-0.15, -0.1) is 0 Å². The lowest BCUT2D eigenvalue weighted by Crippen LogP contribution is -2.39. The van der Waals surface area contributed by atoms with Gasteiger partial charge in [-0.1, -0.05) is 26.0 Å². The molecule has 2 N–H and O–H groups in total. The van der Waals surface area contributed by atoms with E-state index in [9.17, 15) is 10.2 Å². The van der Waals surface area contributed by atoms with Crippen LogP contribution in [0.5, 0.6) is 0 Å². The molecule has 0 radical (unpaired) electrons. The molecule has 2 saturated carbocycles. The molecule has 2 fully saturated rings. The minimum Gasteiger partial charge on any atom is -0.396 e. The molecule has 3 nitrogen and oxygen atoms in total. The Morgan fingerprint density at radius 2 is 2.13 bits per heavy atom. The third-order valence-corrected chi connectivity index (χ3v) is 4.59. The zero-order valence-corrected chi connectivity index (χ0v) is 9.66. The Labute approximate surface area is 90.8 Å². The molecule has 0 aromatic carbocycles. The van der Waals surface area contributed by atoms with Crippen LogP contribution < -0.4 is 0 Å². The summed E-state index contributed by atoms with van der Waals surface area (Å²) in [6.07, 6.45) is 0.817. The number of hydrogen-bond donors (Lipinski definition) is 2. The number of aliphatic hydroxyl groups is 2. The van der Waals surface area contributed by atoms with Crippen LogP contribution in [0.25, 0.3) is 0 Å². The van der Waals surface area contributed by atoms with E-state index in [1.54, 1.807) is 0 Å². The molecule has 0 amide bonds. The highest BCUT2D eigenvalue weighted by atomic mass is 16.6. The highest BCUT2D eigenvalue weighted by Crippen LogP contribution is 2.65. The first-order chi connectivity index (χ1) is 6.89. The van der Waals surface area contributed by atoms with E-state index in [0.717, 1.165) is 12.0 Å². The molecule has 4 atom stereocenters. The third kappa shape index (κ3) is 1.11. The SMILES string of the molecule is C=C1[C@H]2[C@@H](CO)C[C@@H](C1(C)C)[C@]2(O)OC. The van der Waals surface area contributed by atoms with Crippen LogP contribution in [0.2, 0.25) is 0 Å². The van der Waals surface area contributed by atoms with E-state index >= 15 is 0 Å². The number of rotatable bonds is 2. The van der Waals surface area contributed by atoms with Gasteiger partial charge >= 0.3 is 0 Å². The molecular formula is C12H20O3. The minimum atomic E-state index is -1.12. The Kier molecular flexibility index (Phi) is 2.27. The molecule has 86 valence electrons. The number of hydrogen-bond acceptors (Lipinski definition) is 3. The third-order valence-electron chi connectivity index (χ3n) is 4.59. The topological polar surface area (TPSA) is 49.7 Å². The van der Waals surface area contributed by atoms with Gasteiger partial charge in [-0.05, 0) is 17.8 Å². The smallest absolute Gasteiger partial charge is 0.175 e. The van der Waals surface area contributed by atoms with Crippen molar-refractivity contribution in [3.05, 3.63) is 12.2 Å². The predicted molar refractivity (Wildman–Crippen MR) is 57.1 cm³/mol. The zero-order valence-electron chi connectivity index (χ0n) is 9.66. The quantitative estimate of drug-likeness (QED) is 0.533. The molecule has 0 spiro atoms. The lowest BCUT2D eigenvalue weighted by atomic mass is 9.70. The van der Waals surface area contributed by atoms with E-state index in [4.69, 9.17) is 4.74 Å². The molecule has 2 rings (SSSR count). The van der Waals surface area contributed by atoms with Crippen LogP contribution in [0.3, 0.4) is 0 Å². The summed E-state index contributed by atoms with van der Waals surface area (Å²) in [6.45, 7) is 8.37. The Balaban J connectivity index is 2.44. The van der Waals surface area contributed by atoms with Gasteiger partial charge in [0.15, 0.2) is 5.79 Å². The second-order valence-electron chi connectivity index (χ2n) is 5.41. The van der Waals surface area contributed by atoms with E-state index in [1.165, 1.54) is 7.11 Å². The Hall–Kier alpha value is -0.380. The maximum absolute atomic E-state index is 10.5. The summed E-state index contributed by atoms with van der Waals surface area (Å²) in [4.78, 5) is 0. The van der Waals surface area contributed by atoms with E-state index in [-0.39, 0.29) is 29.8 Å². The standard InChI is InChI=1S/C12H20O3/c1-7-10-8(6-13)5-9(11(7,2)3)12(10,14)15-4/h8-10,13-14H,1,5-6H2,2-4H3/t8-,9+,10+,12+/m1/s1. The van der Waals surface area contributed by atoms with Gasteiger partial charge in [-0.25, -0.2) is 0 Å². The summed E-state index contributed by atoms with van der Waals surface area (Å²) in [6, 6.07) is 0. The van der Waals surface area contributed by atoms with Crippen LogP contribution in [-0.4, -0.2) is 29.7 Å². The summed E-state index contributed by atoms with van der Waals surface area (Å²) in [5.74, 6) is -1.09. The molecule has 15 heavy (non-hydrogen) atoms. The van der Waals surface area contributed by atoms with E-state index in [2.05, 4.69) is 20.4 Å². The Morgan fingerprint density at radius 1 is 1.53 bits per heavy atom. The van der Waals surface area contributed by atoms with Crippen molar-refractivity contribution in [1.29, 1.82) is 0 Å². The first kappa shape index (κ1) is 11.1. The number of methoxy groups -OCH3 is 1. The Bertz CT molecular complexity index is 297. The summed E-state index contributed by atoms with van der Waals surface area (Å²) in [5, 5.41) is 19.8. The highest BCUT2D eigenvalue weighted by molar-refractivity contribution is 5.30. The van der Waals surface area contributed by atoms with Crippen LogP contribution in [0, 0.1) is 23.2 Å². The first-order valence-electron chi connectivity index (χ1n) is 5.47. The zero-order chi connectivity index (χ0) is 11.4. The summed E-state index contributed by atoms with van der Waals surface area (Å²) < 4.78 is 5.31. The number of aliphatic hydroxyl groups excluding tert-OH is 1. The monoisotopic (exact) mass is 212 g/mol. The van der Waals surface area contributed by atoms with Gasteiger partial charge in [0.1, 0.15) is 0 Å². The van der Waals surface area contributed by atoms with Crippen molar-refractivity contribution in [3.8, 4) is 0 Å². The summed E-state index contributed by atoms with van der Waals surface area (Å²) >= 11 is 0. The second-order valence-corrected chi connectivity index (χ2v) is 5.41. The molecule has 2 aliphatic rings. The van der Waals surface area contributed by atoms with Gasteiger partial charge in [0.25, 0.3) is 0 Å². The van der Waals surface area contributed by atoms with Crippen molar-refractivity contribution in [2.45, 2.75) is 26.1 Å². The van der Waals surface area contributed by atoms with Gasteiger partial charge in [-0.3, -0.25) is 0 Å². The predicted octanol–water partition coefficient (Wildman–Crippen LogP) is 1.16. The lowest BCUT2D eigenvalue weighted by molar-refractivity contribution is -0.222. The Morgan fingerprint density at radius 3 is 2.53 bits per heavy atom. The molecule has 3 heteroatoms. The minimum absolute atomic E-state index is 0.0460. The molecule has 0 aromatic rings. The molecule has 0 aliphatic heterocycles. The lowest BCUT2D eigenvalue weighted by Gasteiger charge is -2.34. The van der Waals surface area contributed by atoms with Crippen molar-refractivity contribution in [1.82, 2.24) is 0 Å². The van der Waals surface area contributed by atoms with Crippen molar-refractivity contribution in [2.24, 2.45) is 23.2 Å². The molecule has 2 bridgehead atoms. The molecule has 2 aliphatic carbocycles. The van der Waals surface area contributed by atoms with Crippen molar-refractivity contribution in [2.75, 3.05) is 13.7 Å². The van der Waals surface area contributed by atoms with Gasteiger partial charge in [0.05, 0.1) is 0 Å². The van der Waals surface area contributed by atoms with Crippen LogP contribution in [0.1, 0.15) is 20.3 Å². The molecule has 0 unspecified atom stereocenters. The van der Waals surface area contributed by atoms with Crippen molar-refractivity contribution in [3.63, 3.8) is 0 Å². The van der Waals surface area contributed by atoms with Gasteiger partial charge in [0.2, 0.25) is 0 Å². The van der Waals surface area contributed by atoms with Crippen molar-refractivity contribution < 1.29 is 14.9 Å². The van der Waals surface area contributed by atoms with Gasteiger partial charge in [0, 0.05) is 25.6 Å². The fraction of sp³-hybridized carbons (Fsp3) is 0.833. The average molecular weight is 212 g/mol. The van der Waals surface area contributed by atoms with Crippen LogP contribution in [0.15, 0.2) is 12.2 Å². The fourth-order valence-electron chi connectivity index (χ4n) is 3.58. The largest absolute Gasteiger partial charge is 0.396 e. The maximum Gasteiger partial charge on any atom is 0.175 e. The highest BCUT2D eigenvalue weighted by Gasteiger charge is 2.67. The average Bonchev–Trinajstić information content (AvgIpc) is 2.56. The van der Waals surface area contributed by atoms with Gasteiger partial charge in [-0.2, -0.15) is 0 Å². The van der Waals surface area contributed by atoms with Gasteiger partial charge < -0.3 is 14.9 Å². The molecule has 0 heterocycles. The van der Waals surface area contributed by atoms with Crippen molar-refractivity contribution >= 4 is 0 Å². The number of ether oxygens (including phenoxy) is 1. The first-order valence-corrected chi connectivity index (χ1v) is 5.47. The fourth-order valence-corrected chi connectivity index (χ4v) is 3.58. The van der Waals surface area contributed by atoms with Crippen LogP contribution in [0.4, 0.5) is 0 Å². The van der Waals surface area contributed by atoms with E-state index in [1.807, 2.05) is 0 Å².